The van der Waals surface area contributed by atoms with Crippen LogP contribution in [0, 0.1) is 18.3 Å². The number of benzene rings is 2. The van der Waals surface area contributed by atoms with Crippen LogP contribution >= 0.6 is 11.8 Å². The largest absolute Gasteiger partial charge is 0.292 e. The van der Waals surface area contributed by atoms with Crippen molar-refractivity contribution in [2.24, 2.45) is 0 Å². The summed E-state index contributed by atoms with van der Waals surface area (Å²) in [7, 11) is 0. The zero-order valence-corrected chi connectivity index (χ0v) is 16.9. The van der Waals surface area contributed by atoms with Crippen LogP contribution in [0.1, 0.15) is 42.0 Å². The van der Waals surface area contributed by atoms with Crippen LogP contribution in [-0.2, 0) is 4.79 Å². The van der Waals surface area contributed by atoms with Gasteiger partial charge < -0.3 is 0 Å². The summed E-state index contributed by atoms with van der Waals surface area (Å²) in [5, 5.41) is 10.7. The Labute approximate surface area is 170 Å². The molecule has 2 heterocycles. The number of carbonyl (C=O) groups is 1. The first kappa shape index (κ1) is 18.8. The lowest BCUT2D eigenvalue weighted by Gasteiger charge is -2.43. The molecule has 0 aliphatic carbocycles. The highest BCUT2D eigenvalue weighted by Gasteiger charge is 2.39. The zero-order chi connectivity index (χ0) is 19.7. The highest BCUT2D eigenvalue weighted by Crippen LogP contribution is 2.43. The van der Waals surface area contributed by atoms with Crippen LogP contribution in [0.5, 0.6) is 0 Å². The van der Waals surface area contributed by atoms with E-state index in [-0.39, 0.29) is 17.9 Å². The molecule has 0 saturated carbocycles. The average molecular weight is 390 g/mol. The number of allylic oxidation sites excluding steroid dienone is 1. The van der Waals surface area contributed by atoms with Crippen LogP contribution < -0.4 is 0 Å². The molecule has 0 bridgehead atoms. The Hall–Kier alpha value is -2.55. The number of nitriles is 1. The fourth-order valence-electron chi connectivity index (χ4n) is 3.85. The molecular weight excluding hydrogens is 366 g/mol. The smallest absolute Gasteiger partial charge is 0.229 e. The molecule has 2 atom stereocenters. The number of amides is 1. The van der Waals surface area contributed by atoms with Gasteiger partial charge in [-0.15, -0.1) is 0 Å². The Morgan fingerprint density at radius 1 is 1.14 bits per heavy atom. The third kappa shape index (κ3) is 3.46. The molecule has 4 rings (SSSR count). The summed E-state index contributed by atoms with van der Waals surface area (Å²) in [6.45, 7) is 4.74. The van der Waals surface area contributed by atoms with E-state index in [1.807, 2.05) is 49.4 Å². The van der Waals surface area contributed by atoms with Crippen LogP contribution in [0.15, 0.2) is 65.2 Å². The minimum atomic E-state index is -0.144. The standard InChI is InChI=1S/C23H23N3OS/c1-16-8-10-19(11-9-16)20-12-22(27)26-14-25(15-28-23(26)21(20)13-24)17(2)18-6-4-3-5-7-18/h3-11,17,20H,12,14-15H2,1-2H3/t17-,20-/m0/s1. The predicted octanol–water partition coefficient (Wildman–Crippen LogP) is 4.77. The van der Waals surface area contributed by atoms with E-state index in [1.54, 1.807) is 16.7 Å². The topological polar surface area (TPSA) is 47.3 Å². The van der Waals surface area contributed by atoms with E-state index in [9.17, 15) is 10.1 Å². The summed E-state index contributed by atoms with van der Waals surface area (Å²) in [5.41, 5.74) is 4.18. The minimum absolute atomic E-state index is 0.0945. The minimum Gasteiger partial charge on any atom is -0.292 e. The molecule has 0 spiro atoms. The van der Waals surface area contributed by atoms with E-state index in [4.69, 9.17) is 0 Å². The molecule has 1 amide bonds. The van der Waals surface area contributed by atoms with Crippen molar-refractivity contribution in [1.29, 1.82) is 5.26 Å². The number of carbonyl (C=O) groups excluding carboxylic acids is 1. The fourth-order valence-corrected chi connectivity index (χ4v) is 5.10. The summed E-state index contributed by atoms with van der Waals surface area (Å²) < 4.78 is 0. The molecular formula is C23H23N3OS. The molecule has 2 aromatic rings. The second-order valence-corrected chi connectivity index (χ2v) is 8.34. The molecule has 4 nitrogen and oxygen atoms in total. The monoisotopic (exact) mass is 389 g/mol. The van der Waals surface area contributed by atoms with Crippen LogP contribution in [0.2, 0.25) is 0 Å². The Bertz CT molecular complexity index is 946. The number of thioether (sulfide) groups is 1. The van der Waals surface area contributed by atoms with Gasteiger partial charge in [0.1, 0.15) is 0 Å². The number of rotatable bonds is 3. The van der Waals surface area contributed by atoms with Crippen LogP contribution in [0.25, 0.3) is 0 Å². The lowest BCUT2D eigenvalue weighted by Crippen LogP contribution is -2.47. The molecule has 142 valence electrons. The van der Waals surface area contributed by atoms with Gasteiger partial charge in [0, 0.05) is 18.4 Å². The van der Waals surface area contributed by atoms with Crippen molar-refractivity contribution in [2.45, 2.75) is 32.2 Å². The molecule has 0 unspecified atom stereocenters. The van der Waals surface area contributed by atoms with E-state index in [1.165, 1.54) is 11.1 Å². The maximum Gasteiger partial charge on any atom is 0.229 e. The lowest BCUT2D eigenvalue weighted by molar-refractivity contribution is -0.132. The van der Waals surface area contributed by atoms with Gasteiger partial charge in [-0.05, 0) is 25.0 Å². The van der Waals surface area contributed by atoms with Gasteiger partial charge in [-0.25, -0.2) is 0 Å². The molecule has 0 aromatic heterocycles. The summed E-state index contributed by atoms with van der Waals surface area (Å²) in [6.07, 6.45) is 0.351. The third-order valence-electron chi connectivity index (χ3n) is 5.62. The number of aryl methyl sites for hydroxylation is 1. The normalized spacial score (nSPS) is 21.2. The van der Waals surface area contributed by atoms with Crippen molar-refractivity contribution >= 4 is 17.7 Å². The van der Waals surface area contributed by atoms with E-state index in [2.05, 4.69) is 30.0 Å². The molecule has 2 aromatic carbocycles. The van der Waals surface area contributed by atoms with Gasteiger partial charge in [0.25, 0.3) is 0 Å². The van der Waals surface area contributed by atoms with Crippen molar-refractivity contribution in [3.05, 3.63) is 81.9 Å². The maximum absolute atomic E-state index is 13.0. The van der Waals surface area contributed by atoms with Gasteiger partial charge in [-0.3, -0.25) is 14.6 Å². The van der Waals surface area contributed by atoms with Gasteiger partial charge in [0.15, 0.2) is 0 Å². The van der Waals surface area contributed by atoms with Crippen LogP contribution in [-0.4, -0.2) is 28.3 Å². The first-order valence-corrected chi connectivity index (χ1v) is 10.5. The second-order valence-electron chi connectivity index (χ2n) is 7.41. The molecule has 5 heteroatoms. The third-order valence-corrected chi connectivity index (χ3v) is 6.80. The molecule has 1 fully saturated rings. The first-order valence-electron chi connectivity index (χ1n) is 9.51. The van der Waals surface area contributed by atoms with Gasteiger partial charge in [0.2, 0.25) is 5.91 Å². The van der Waals surface area contributed by atoms with Crippen LogP contribution in [0.3, 0.4) is 0 Å². The SMILES string of the molecule is Cc1ccc([C@@H]2CC(=O)N3CN([C@@H](C)c4ccccc4)CSC3=C2C#N)cc1. The van der Waals surface area contributed by atoms with Gasteiger partial charge >= 0.3 is 0 Å². The van der Waals surface area contributed by atoms with E-state index >= 15 is 0 Å². The lowest BCUT2D eigenvalue weighted by atomic mass is 9.86. The van der Waals surface area contributed by atoms with E-state index in [0.717, 1.165) is 22.0 Å². The molecule has 0 radical (unpaired) electrons. The zero-order valence-electron chi connectivity index (χ0n) is 16.1. The quantitative estimate of drug-likeness (QED) is 0.759. The van der Waals surface area contributed by atoms with Gasteiger partial charge in [-0.2, -0.15) is 5.26 Å². The predicted molar refractivity (Wildman–Crippen MR) is 112 cm³/mol. The number of nitrogens with zero attached hydrogens (tertiary/aromatic N) is 3. The average Bonchev–Trinajstić information content (AvgIpc) is 2.74. The Balaban J connectivity index is 1.62. The highest BCUT2D eigenvalue weighted by atomic mass is 32.2. The Morgan fingerprint density at radius 3 is 2.54 bits per heavy atom. The highest BCUT2D eigenvalue weighted by molar-refractivity contribution is 8.03. The molecule has 28 heavy (non-hydrogen) atoms. The fraction of sp³-hybridized carbons (Fsp3) is 0.304. The first-order chi connectivity index (χ1) is 13.6. The molecule has 2 aliphatic rings. The molecule has 1 saturated heterocycles. The summed E-state index contributed by atoms with van der Waals surface area (Å²) >= 11 is 1.60. The van der Waals surface area contributed by atoms with Crippen molar-refractivity contribution in [3.63, 3.8) is 0 Å². The maximum atomic E-state index is 13.0. The Kier molecular flexibility index (Phi) is 5.25. The number of hydrogen-bond acceptors (Lipinski definition) is 4. The molecule has 2 aliphatic heterocycles. The van der Waals surface area contributed by atoms with Crippen molar-refractivity contribution in [1.82, 2.24) is 9.80 Å². The van der Waals surface area contributed by atoms with Crippen molar-refractivity contribution < 1.29 is 4.79 Å². The van der Waals surface area contributed by atoms with Gasteiger partial charge in [0.05, 0.1) is 29.2 Å². The number of fused-ring (bicyclic) bond motifs is 1. The summed E-state index contributed by atoms with van der Waals surface area (Å²) in [5.74, 6) is 0.716. The van der Waals surface area contributed by atoms with E-state index < -0.39 is 0 Å². The van der Waals surface area contributed by atoms with Crippen LogP contribution in [0.4, 0.5) is 0 Å². The number of hydrogen-bond donors (Lipinski definition) is 0. The van der Waals surface area contributed by atoms with E-state index in [0.29, 0.717) is 13.1 Å². The second kappa shape index (κ2) is 7.83. The summed E-state index contributed by atoms with van der Waals surface area (Å²) in [6, 6.07) is 21.1. The van der Waals surface area contributed by atoms with Crippen molar-refractivity contribution in [2.75, 3.05) is 12.5 Å². The van der Waals surface area contributed by atoms with Crippen molar-refractivity contribution in [3.8, 4) is 6.07 Å². The van der Waals surface area contributed by atoms with Gasteiger partial charge in [-0.1, -0.05) is 71.9 Å². The summed E-state index contributed by atoms with van der Waals surface area (Å²) in [4.78, 5) is 17.1. The molecule has 0 N–H and O–H groups in total. The Morgan fingerprint density at radius 2 is 1.86 bits per heavy atom.